The number of esters is 2. The monoisotopic (exact) mass is 787 g/mol. The second-order valence-corrected chi connectivity index (χ2v) is 15.9. The van der Waals surface area contributed by atoms with Gasteiger partial charge in [0.05, 0.1) is 24.9 Å². The summed E-state index contributed by atoms with van der Waals surface area (Å²) < 4.78 is 26.2. The van der Waals surface area contributed by atoms with Crippen LogP contribution in [0.5, 0.6) is 0 Å². The molecular weight excluding hydrogens is 711 g/mol. The molecule has 0 spiro atoms. The number of carbonyl (C=O) groups is 2. The number of carbonyl (C=O) groups excluding carboxylic acids is 2. The maximum Gasteiger partial charge on any atom is 0.469 e. The highest BCUT2D eigenvalue weighted by Gasteiger charge is 2.23. The van der Waals surface area contributed by atoms with E-state index in [0.29, 0.717) is 6.42 Å². The summed E-state index contributed by atoms with van der Waals surface area (Å²) in [7, 11) is -4.85. The van der Waals surface area contributed by atoms with Crippen molar-refractivity contribution in [1.82, 2.24) is 0 Å². The molecule has 0 rings (SSSR count). The molecule has 5 N–H and O–H groups in total. The molecule has 0 unspecified atom stereocenters. The van der Waals surface area contributed by atoms with Crippen LogP contribution in [-0.2, 0) is 28.2 Å². The fourth-order valence-electron chi connectivity index (χ4n) is 5.65. The van der Waals surface area contributed by atoms with E-state index in [1.54, 1.807) is 42.5 Å². The van der Waals surface area contributed by atoms with Crippen LogP contribution in [0.3, 0.4) is 0 Å². The highest BCUT2D eigenvalue weighted by Crippen LogP contribution is 2.36. The summed E-state index contributed by atoms with van der Waals surface area (Å²) >= 11 is 0. The van der Waals surface area contributed by atoms with Gasteiger partial charge in [-0.3, -0.25) is 14.1 Å². The van der Waals surface area contributed by atoms with E-state index in [9.17, 15) is 29.5 Å². The van der Waals surface area contributed by atoms with Gasteiger partial charge >= 0.3 is 19.8 Å². The van der Waals surface area contributed by atoms with Crippen LogP contribution in [0.25, 0.3) is 0 Å². The van der Waals surface area contributed by atoms with Crippen LogP contribution in [0.2, 0.25) is 0 Å². The third kappa shape index (κ3) is 36.8. The molecule has 0 amide bonds. The fourth-order valence-corrected chi connectivity index (χ4v) is 6.01. The first-order valence-corrected chi connectivity index (χ1v) is 22.1. The fraction of sp³-hybridized carbons (Fsp3) is 0.762. The Morgan fingerprint density at radius 3 is 1.65 bits per heavy atom. The Kier molecular flexibility index (Phi) is 33.9. The van der Waals surface area contributed by atoms with Crippen molar-refractivity contribution in [3.8, 4) is 0 Å². The van der Waals surface area contributed by atoms with Crippen molar-refractivity contribution in [1.29, 1.82) is 0 Å². The van der Waals surface area contributed by atoms with Gasteiger partial charge in [0.25, 0.3) is 0 Å². The summed E-state index contributed by atoms with van der Waals surface area (Å²) in [6.45, 7) is 5.62. The lowest BCUT2D eigenvalue weighted by molar-refractivity contribution is -0.161. The molecule has 0 bridgehead atoms. The van der Waals surface area contributed by atoms with E-state index in [-0.39, 0.29) is 25.7 Å². The zero-order chi connectivity index (χ0) is 40.3. The molecular formula is C42H75O11P. The summed E-state index contributed by atoms with van der Waals surface area (Å²) in [5.74, 6) is -0.406. The number of allylic oxidation sites excluding steroid dienone is 6. The van der Waals surface area contributed by atoms with Gasteiger partial charge in [0, 0.05) is 12.8 Å². The lowest BCUT2D eigenvalue weighted by atomic mass is 10.0. The molecule has 314 valence electrons. The molecule has 0 aromatic carbocycles. The second kappa shape index (κ2) is 35.3. The van der Waals surface area contributed by atoms with Crippen LogP contribution in [0.1, 0.15) is 162 Å². The SMILES string of the molecule is CCCCC[C@H](O)/C=C/C=C\C=C\C=C\[C@H](O)[C@@H](O)CCCC(=O)O[C@H](COC(=O)CCCCCCCCCCCCCCCC(C)C)COP(=O)(O)O. The van der Waals surface area contributed by atoms with Crippen molar-refractivity contribution in [2.24, 2.45) is 5.92 Å². The van der Waals surface area contributed by atoms with Crippen LogP contribution >= 0.6 is 7.82 Å². The summed E-state index contributed by atoms with van der Waals surface area (Å²) in [6, 6.07) is 0. The number of hydrogen-bond donors (Lipinski definition) is 5. The van der Waals surface area contributed by atoms with E-state index in [1.165, 1.54) is 70.3 Å². The predicted molar refractivity (Wildman–Crippen MR) is 216 cm³/mol. The van der Waals surface area contributed by atoms with Gasteiger partial charge in [-0.05, 0) is 31.6 Å². The van der Waals surface area contributed by atoms with Gasteiger partial charge in [0.2, 0.25) is 0 Å². The number of aliphatic hydroxyl groups excluding tert-OH is 3. The standard InChI is InChI=1S/C42H75O11P/c1-4-5-21-28-37(43)29-23-18-15-16-19-24-30-39(44)40(45)31-26-33-42(47)53-38(35-52-54(48,49)50)34-51-41(46)32-25-20-14-12-10-8-6-7-9-11-13-17-22-27-36(2)3/h15-16,18-19,23-24,29-30,36-40,43-45H,4-14,17,20-22,25-28,31-35H2,1-3H3,(H2,48,49,50)/b18-15-,19-16+,29-23+,30-24+/t37-,38+,39-,40-/m0/s1. The zero-order valence-electron chi connectivity index (χ0n) is 33.6. The molecule has 0 aliphatic carbocycles. The van der Waals surface area contributed by atoms with E-state index in [0.717, 1.165) is 50.9 Å². The Morgan fingerprint density at radius 1 is 0.593 bits per heavy atom. The average Bonchev–Trinajstić information content (AvgIpc) is 3.11. The van der Waals surface area contributed by atoms with Crippen molar-refractivity contribution < 1.29 is 53.3 Å². The molecule has 0 heterocycles. The van der Waals surface area contributed by atoms with E-state index >= 15 is 0 Å². The van der Waals surface area contributed by atoms with Crippen LogP contribution in [0, 0.1) is 5.92 Å². The number of aliphatic hydroxyl groups is 3. The van der Waals surface area contributed by atoms with Gasteiger partial charge in [-0.1, -0.05) is 172 Å². The van der Waals surface area contributed by atoms with Gasteiger partial charge in [0.15, 0.2) is 6.10 Å². The number of unbranched alkanes of at least 4 members (excludes halogenated alkanes) is 14. The number of phosphoric acid groups is 1. The first-order chi connectivity index (χ1) is 25.8. The van der Waals surface area contributed by atoms with Crippen molar-refractivity contribution in [3.05, 3.63) is 48.6 Å². The molecule has 54 heavy (non-hydrogen) atoms. The Bertz CT molecular complexity index is 1080. The minimum Gasteiger partial charge on any atom is -0.462 e. The molecule has 0 aliphatic heterocycles. The minimum atomic E-state index is -4.85. The molecule has 0 fully saturated rings. The molecule has 11 nitrogen and oxygen atoms in total. The highest BCUT2D eigenvalue weighted by atomic mass is 31.2. The summed E-state index contributed by atoms with van der Waals surface area (Å²) in [6.07, 6.45) is 30.6. The molecule has 0 aliphatic rings. The smallest absolute Gasteiger partial charge is 0.462 e. The number of phosphoric ester groups is 1. The maximum absolute atomic E-state index is 12.4. The van der Waals surface area contributed by atoms with Gasteiger partial charge in [-0.2, -0.15) is 0 Å². The minimum absolute atomic E-state index is 0.0903. The largest absolute Gasteiger partial charge is 0.469 e. The van der Waals surface area contributed by atoms with Crippen molar-refractivity contribution in [2.75, 3.05) is 13.2 Å². The maximum atomic E-state index is 12.4. The Morgan fingerprint density at radius 2 is 1.09 bits per heavy atom. The van der Waals surface area contributed by atoms with Gasteiger partial charge in [-0.15, -0.1) is 0 Å². The summed E-state index contributed by atoms with van der Waals surface area (Å²) in [4.78, 5) is 42.9. The lowest BCUT2D eigenvalue weighted by Crippen LogP contribution is -2.29. The topological polar surface area (TPSA) is 180 Å². The average molecular weight is 787 g/mol. The first-order valence-electron chi connectivity index (χ1n) is 20.6. The highest BCUT2D eigenvalue weighted by molar-refractivity contribution is 7.46. The molecule has 0 aromatic rings. The third-order valence-corrected chi connectivity index (χ3v) is 9.38. The van der Waals surface area contributed by atoms with Crippen molar-refractivity contribution >= 4 is 19.8 Å². The Balaban J connectivity index is 4.27. The third-order valence-electron chi connectivity index (χ3n) is 8.89. The van der Waals surface area contributed by atoms with Gasteiger partial charge < -0.3 is 34.6 Å². The summed E-state index contributed by atoms with van der Waals surface area (Å²) in [5, 5.41) is 30.3. The summed E-state index contributed by atoms with van der Waals surface area (Å²) in [5.41, 5.74) is 0. The van der Waals surface area contributed by atoms with E-state index in [1.807, 2.05) is 0 Å². The predicted octanol–water partition coefficient (Wildman–Crippen LogP) is 9.12. The Labute approximate surface area is 326 Å². The molecule has 0 saturated carbocycles. The van der Waals surface area contributed by atoms with Gasteiger partial charge in [-0.25, -0.2) is 4.57 Å². The zero-order valence-corrected chi connectivity index (χ0v) is 34.5. The van der Waals surface area contributed by atoms with Crippen molar-refractivity contribution in [3.63, 3.8) is 0 Å². The number of ether oxygens (including phenoxy) is 2. The van der Waals surface area contributed by atoms with Crippen LogP contribution < -0.4 is 0 Å². The molecule has 12 heteroatoms. The van der Waals surface area contributed by atoms with Crippen molar-refractivity contribution in [2.45, 2.75) is 186 Å². The van der Waals surface area contributed by atoms with Crippen LogP contribution in [-0.4, -0.2) is 74.7 Å². The molecule has 0 aromatic heterocycles. The quantitative estimate of drug-likeness (QED) is 0.0177. The van der Waals surface area contributed by atoms with Crippen LogP contribution in [0.4, 0.5) is 0 Å². The number of rotatable bonds is 36. The molecule has 0 radical (unpaired) electrons. The molecule has 4 atom stereocenters. The first kappa shape index (κ1) is 51.9. The van der Waals surface area contributed by atoms with Gasteiger partial charge in [0.1, 0.15) is 6.61 Å². The van der Waals surface area contributed by atoms with E-state index in [4.69, 9.17) is 19.3 Å². The normalized spacial score (nSPS) is 14.8. The van der Waals surface area contributed by atoms with E-state index in [2.05, 4.69) is 25.3 Å². The van der Waals surface area contributed by atoms with E-state index < -0.39 is 57.4 Å². The second-order valence-electron chi connectivity index (χ2n) is 14.7. The van der Waals surface area contributed by atoms with Crippen LogP contribution in [0.15, 0.2) is 48.6 Å². The molecule has 0 saturated heterocycles. The Hall–Kier alpha value is -2.11. The number of hydrogen-bond acceptors (Lipinski definition) is 9. The lowest BCUT2D eigenvalue weighted by Gasteiger charge is -2.19.